The molecule has 1 aromatic rings. The first-order valence-electron chi connectivity index (χ1n) is 6.77. The van der Waals surface area contributed by atoms with Crippen molar-refractivity contribution in [3.05, 3.63) is 12.4 Å². The maximum atomic E-state index is 12.0. The van der Waals surface area contributed by atoms with E-state index >= 15 is 0 Å². The molecule has 106 valence electrons. The monoisotopic (exact) mass is 282 g/mol. The van der Waals surface area contributed by atoms with E-state index in [-0.39, 0.29) is 11.9 Å². The van der Waals surface area contributed by atoms with Gasteiger partial charge in [0.2, 0.25) is 11.9 Å². The summed E-state index contributed by atoms with van der Waals surface area (Å²) < 4.78 is 1.99. The molecule has 2 N–H and O–H groups in total. The molecule has 0 bridgehead atoms. The standard InChI is InChI=1S/C13H22N4OS/c1-10(2)8-17-5-3-15-13(17)16-12(18)7-11-9-19-6-4-14-11/h3,5,10-11,14H,4,6-9H2,1-2H3,(H,15,16,18). The largest absolute Gasteiger partial charge is 0.317 e. The number of anilines is 1. The van der Waals surface area contributed by atoms with Crippen LogP contribution in [0.3, 0.4) is 0 Å². The summed E-state index contributed by atoms with van der Waals surface area (Å²) in [5.41, 5.74) is 0. The summed E-state index contributed by atoms with van der Waals surface area (Å²) in [6.07, 6.45) is 4.15. The predicted molar refractivity (Wildman–Crippen MR) is 79.4 cm³/mol. The molecule has 2 rings (SSSR count). The molecule has 19 heavy (non-hydrogen) atoms. The van der Waals surface area contributed by atoms with Crippen molar-refractivity contribution in [2.24, 2.45) is 5.92 Å². The van der Waals surface area contributed by atoms with Crippen LogP contribution in [0.1, 0.15) is 20.3 Å². The van der Waals surface area contributed by atoms with Crippen LogP contribution in [0.2, 0.25) is 0 Å². The molecule has 0 spiro atoms. The highest BCUT2D eigenvalue weighted by atomic mass is 32.2. The van der Waals surface area contributed by atoms with Gasteiger partial charge in [-0.2, -0.15) is 11.8 Å². The SMILES string of the molecule is CC(C)Cn1ccnc1NC(=O)CC1CSCCN1. The van der Waals surface area contributed by atoms with Gasteiger partial charge in [0.25, 0.3) is 0 Å². The Kier molecular flexibility index (Phi) is 5.27. The fourth-order valence-corrected chi connectivity index (χ4v) is 3.07. The van der Waals surface area contributed by atoms with E-state index in [2.05, 4.69) is 29.5 Å². The molecule has 0 aromatic carbocycles. The van der Waals surface area contributed by atoms with E-state index in [0.717, 1.165) is 24.6 Å². The normalized spacial score (nSPS) is 19.6. The Morgan fingerprint density at radius 1 is 1.68 bits per heavy atom. The van der Waals surface area contributed by atoms with Crippen molar-refractivity contribution >= 4 is 23.6 Å². The van der Waals surface area contributed by atoms with Crippen molar-refractivity contribution in [1.29, 1.82) is 0 Å². The number of imidazole rings is 1. The Bertz CT molecular complexity index is 413. The number of nitrogens with one attached hydrogen (secondary N) is 2. The second-order valence-corrected chi connectivity index (χ2v) is 6.43. The van der Waals surface area contributed by atoms with Crippen LogP contribution < -0.4 is 10.6 Å². The highest BCUT2D eigenvalue weighted by molar-refractivity contribution is 7.99. The number of amides is 1. The molecule has 1 saturated heterocycles. The average molecular weight is 282 g/mol. The Morgan fingerprint density at radius 2 is 2.53 bits per heavy atom. The van der Waals surface area contributed by atoms with Crippen LogP contribution in [0.25, 0.3) is 0 Å². The zero-order valence-corrected chi connectivity index (χ0v) is 12.4. The van der Waals surface area contributed by atoms with Crippen molar-refractivity contribution in [2.75, 3.05) is 23.4 Å². The molecule has 5 nitrogen and oxygen atoms in total. The number of rotatable bonds is 5. The van der Waals surface area contributed by atoms with E-state index in [1.54, 1.807) is 6.20 Å². The fourth-order valence-electron chi connectivity index (χ4n) is 2.12. The molecule has 1 fully saturated rings. The summed E-state index contributed by atoms with van der Waals surface area (Å²) in [5.74, 6) is 3.37. The van der Waals surface area contributed by atoms with Gasteiger partial charge in [0.05, 0.1) is 0 Å². The summed E-state index contributed by atoms with van der Waals surface area (Å²) in [7, 11) is 0. The Morgan fingerprint density at radius 3 is 3.21 bits per heavy atom. The van der Waals surface area contributed by atoms with E-state index < -0.39 is 0 Å². The summed E-state index contributed by atoms with van der Waals surface area (Å²) >= 11 is 1.90. The number of hydrogen-bond acceptors (Lipinski definition) is 4. The third-order valence-electron chi connectivity index (χ3n) is 2.96. The predicted octanol–water partition coefficient (Wildman–Crippen LogP) is 1.57. The first-order valence-corrected chi connectivity index (χ1v) is 7.92. The molecule has 1 amide bonds. The van der Waals surface area contributed by atoms with Gasteiger partial charge in [0.1, 0.15) is 0 Å². The van der Waals surface area contributed by atoms with Gasteiger partial charge in [-0.3, -0.25) is 10.1 Å². The number of aromatic nitrogens is 2. The average Bonchev–Trinajstić information content (AvgIpc) is 2.77. The topological polar surface area (TPSA) is 59.0 Å². The number of carbonyl (C=O) groups is 1. The van der Waals surface area contributed by atoms with E-state index in [1.807, 2.05) is 22.5 Å². The number of nitrogens with zero attached hydrogens (tertiary/aromatic N) is 2. The number of thioether (sulfide) groups is 1. The number of carbonyl (C=O) groups excluding carboxylic acids is 1. The lowest BCUT2D eigenvalue weighted by Crippen LogP contribution is -2.40. The van der Waals surface area contributed by atoms with Crippen LogP contribution in [0.5, 0.6) is 0 Å². The minimum atomic E-state index is 0.0382. The summed E-state index contributed by atoms with van der Waals surface area (Å²) in [4.78, 5) is 16.2. The molecule has 0 aliphatic carbocycles. The van der Waals surface area contributed by atoms with Crippen LogP contribution in [-0.4, -0.2) is 39.6 Å². The molecule has 6 heteroatoms. The van der Waals surface area contributed by atoms with E-state index in [0.29, 0.717) is 18.3 Å². The zero-order valence-electron chi connectivity index (χ0n) is 11.6. The van der Waals surface area contributed by atoms with Gasteiger partial charge >= 0.3 is 0 Å². The molecule has 0 radical (unpaired) electrons. The van der Waals surface area contributed by atoms with E-state index in [4.69, 9.17) is 0 Å². The first-order chi connectivity index (χ1) is 9.15. The Labute approximate surface area is 118 Å². The third kappa shape index (κ3) is 4.54. The second kappa shape index (κ2) is 6.96. The molecule has 2 heterocycles. The van der Waals surface area contributed by atoms with Crippen LogP contribution >= 0.6 is 11.8 Å². The minimum Gasteiger partial charge on any atom is -0.317 e. The van der Waals surface area contributed by atoms with Crippen molar-refractivity contribution in [1.82, 2.24) is 14.9 Å². The van der Waals surface area contributed by atoms with Crippen molar-refractivity contribution < 1.29 is 4.79 Å². The van der Waals surface area contributed by atoms with Crippen molar-refractivity contribution in [2.45, 2.75) is 32.9 Å². The molecule has 1 atom stereocenters. The van der Waals surface area contributed by atoms with Gasteiger partial charge < -0.3 is 9.88 Å². The second-order valence-electron chi connectivity index (χ2n) is 5.28. The molecule has 0 saturated carbocycles. The van der Waals surface area contributed by atoms with Gasteiger partial charge in [-0.15, -0.1) is 0 Å². The Balaban J connectivity index is 1.86. The van der Waals surface area contributed by atoms with Crippen molar-refractivity contribution in [3.8, 4) is 0 Å². The highest BCUT2D eigenvalue weighted by Gasteiger charge is 2.17. The van der Waals surface area contributed by atoms with Crippen LogP contribution in [0.4, 0.5) is 5.95 Å². The zero-order chi connectivity index (χ0) is 13.7. The summed E-state index contributed by atoms with van der Waals surface area (Å²) in [6, 6.07) is 0.285. The van der Waals surface area contributed by atoms with E-state index in [1.165, 1.54) is 0 Å². The quantitative estimate of drug-likeness (QED) is 0.861. The van der Waals surface area contributed by atoms with Gasteiger partial charge in [-0.25, -0.2) is 4.98 Å². The van der Waals surface area contributed by atoms with Gasteiger partial charge in [0.15, 0.2) is 0 Å². The maximum Gasteiger partial charge on any atom is 0.228 e. The lowest BCUT2D eigenvalue weighted by molar-refractivity contribution is -0.116. The van der Waals surface area contributed by atoms with Gasteiger partial charge in [-0.05, 0) is 5.92 Å². The Hall–Kier alpha value is -1.01. The minimum absolute atomic E-state index is 0.0382. The van der Waals surface area contributed by atoms with Gasteiger partial charge in [0, 0.05) is 49.5 Å². The maximum absolute atomic E-state index is 12.0. The third-order valence-corrected chi connectivity index (χ3v) is 4.09. The molecule has 1 aliphatic rings. The fraction of sp³-hybridized carbons (Fsp3) is 0.692. The van der Waals surface area contributed by atoms with E-state index in [9.17, 15) is 4.79 Å². The summed E-state index contributed by atoms with van der Waals surface area (Å²) in [5, 5.41) is 6.27. The number of hydrogen-bond donors (Lipinski definition) is 2. The van der Waals surface area contributed by atoms with Crippen LogP contribution in [-0.2, 0) is 11.3 Å². The molecular formula is C13H22N4OS. The van der Waals surface area contributed by atoms with Crippen LogP contribution in [0.15, 0.2) is 12.4 Å². The molecule has 1 aromatic heterocycles. The summed E-state index contributed by atoms with van der Waals surface area (Å²) in [6.45, 7) is 6.15. The highest BCUT2D eigenvalue weighted by Crippen LogP contribution is 2.12. The molecule has 1 aliphatic heterocycles. The van der Waals surface area contributed by atoms with Crippen molar-refractivity contribution in [3.63, 3.8) is 0 Å². The smallest absolute Gasteiger partial charge is 0.228 e. The first kappa shape index (κ1) is 14.4. The van der Waals surface area contributed by atoms with Gasteiger partial charge in [-0.1, -0.05) is 13.8 Å². The molecule has 1 unspecified atom stereocenters. The molecular weight excluding hydrogens is 260 g/mol. The van der Waals surface area contributed by atoms with Crippen LogP contribution in [0, 0.1) is 5.92 Å². The lowest BCUT2D eigenvalue weighted by atomic mass is 10.2. The lowest BCUT2D eigenvalue weighted by Gasteiger charge is -2.22.